The van der Waals surface area contributed by atoms with E-state index in [0.717, 1.165) is 44.2 Å². The fourth-order valence-electron chi connectivity index (χ4n) is 2.72. The molecule has 1 aliphatic carbocycles. The van der Waals surface area contributed by atoms with E-state index >= 15 is 0 Å². The Hall–Kier alpha value is -1.75. The smallest absolute Gasteiger partial charge is 0.187 e. The molecule has 1 unspecified atom stereocenters. The van der Waals surface area contributed by atoms with Gasteiger partial charge in [0.05, 0.1) is 6.04 Å². The van der Waals surface area contributed by atoms with Gasteiger partial charge in [0.1, 0.15) is 22.8 Å². The first kappa shape index (κ1) is 13.7. The van der Waals surface area contributed by atoms with Crippen LogP contribution in [0.1, 0.15) is 42.5 Å². The molecule has 0 spiro atoms. The maximum atomic E-state index is 12.3. The molecule has 1 aromatic rings. The van der Waals surface area contributed by atoms with Crippen molar-refractivity contribution in [2.24, 2.45) is 11.7 Å². The number of aromatic hydroxyl groups is 3. The van der Waals surface area contributed by atoms with Gasteiger partial charge in [0.2, 0.25) is 0 Å². The SMILES string of the molecule is NC(C(=O)c1c(O)cc(O)cc1O)C1CCCCC1. The fraction of sp³-hybridized carbons (Fsp3) is 0.500. The van der Waals surface area contributed by atoms with Crippen LogP contribution in [0.3, 0.4) is 0 Å². The van der Waals surface area contributed by atoms with E-state index in [1.807, 2.05) is 0 Å². The molecule has 19 heavy (non-hydrogen) atoms. The standard InChI is InChI=1S/C14H19NO4/c15-13(8-4-2-1-3-5-8)14(19)12-10(17)6-9(16)7-11(12)18/h6-8,13,16-18H,1-5,15H2. The number of nitrogens with two attached hydrogens (primary N) is 1. The van der Waals surface area contributed by atoms with Gasteiger partial charge in [-0.25, -0.2) is 0 Å². The lowest BCUT2D eigenvalue weighted by Gasteiger charge is -2.26. The predicted molar refractivity (Wildman–Crippen MR) is 70.3 cm³/mol. The van der Waals surface area contributed by atoms with Crippen LogP contribution in [-0.2, 0) is 0 Å². The van der Waals surface area contributed by atoms with E-state index in [1.54, 1.807) is 0 Å². The van der Waals surface area contributed by atoms with E-state index in [-0.39, 0.29) is 17.2 Å². The summed E-state index contributed by atoms with van der Waals surface area (Å²) in [7, 11) is 0. The van der Waals surface area contributed by atoms with Crippen LogP contribution in [0.15, 0.2) is 12.1 Å². The van der Waals surface area contributed by atoms with Gasteiger partial charge in [0.15, 0.2) is 5.78 Å². The molecule has 0 aliphatic heterocycles. The van der Waals surface area contributed by atoms with Crippen molar-refractivity contribution in [3.63, 3.8) is 0 Å². The highest BCUT2D eigenvalue weighted by molar-refractivity contribution is 6.04. The van der Waals surface area contributed by atoms with Crippen molar-refractivity contribution >= 4 is 5.78 Å². The number of hydrogen-bond acceptors (Lipinski definition) is 5. The summed E-state index contributed by atoms with van der Waals surface area (Å²) in [5.74, 6) is -1.55. The lowest BCUT2D eigenvalue weighted by atomic mass is 9.81. The second-order valence-corrected chi connectivity index (χ2v) is 5.15. The Kier molecular flexibility index (Phi) is 3.95. The molecule has 5 nitrogen and oxygen atoms in total. The Labute approximate surface area is 111 Å². The number of ketones is 1. The van der Waals surface area contributed by atoms with Gasteiger partial charge < -0.3 is 21.1 Å². The summed E-state index contributed by atoms with van der Waals surface area (Å²) in [6, 6.07) is 1.34. The summed E-state index contributed by atoms with van der Waals surface area (Å²) in [6.07, 6.45) is 5.06. The minimum atomic E-state index is -0.721. The Bertz CT molecular complexity index is 457. The van der Waals surface area contributed by atoms with Gasteiger partial charge in [0, 0.05) is 12.1 Å². The van der Waals surface area contributed by atoms with Gasteiger partial charge in [-0.05, 0) is 18.8 Å². The molecular formula is C14H19NO4. The minimum Gasteiger partial charge on any atom is -0.508 e. The molecule has 0 saturated heterocycles. The van der Waals surface area contributed by atoms with Crippen molar-refractivity contribution in [3.8, 4) is 17.2 Å². The molecule has 0 amide bonds. The highest BCUT2D eigenvalue weighted by Crippen LogP contribution is 2.35. The fourth-order valence-corrected chi connectivity index (χ4v) is 2.72. The van der Waals surface area contributed by atoms with E-state index in [1.165, 1.54) is 0 Å². The summed E-state index contributed by atoms with van der Waals surface area (Å²) in [5, 5.41) is 28.6. The van der Waals surface area contributed by atoms with E-state index in [0.29, 0.717) is 0 Å². The first-order chi connectivity index (χ1) is 9.00. The molecule has 1 aliphatic rings. The predicted octanol–water partition coefficient (Wildman–Crippen LogP) is 1.89. The zero-order chi connectivity index (χ0) is 14.0. The molecule has 1 fully saturated rings. The number of carbonyl (C=O) groups excluding carboxylic acids is 1. The number of hydrogen-bond donors (Lipinski definition) is 4. The molecule has 1 saturated carbocycles. The summed E-state index contributed by atoms with van der Waals surface area (Å²) in [4.78, 5) is 12.3. The van der Waals surface area contributed by atoms with Crippen molar-refractivity contribution in [2.75, 3.05) is 0 Å². The summed E-state index contributed by atoms with van der Waals surface area (Å²) < 4.78 is 0. The van der Waals surface area contributed by atoms with E-state index in [4.69, 9.17) is 5.73 Å². The van der Waals surface area contributed by atoms with Gasteiger partial charge >= 0.3 is 0 Å². The van der Waals surface area contributed by atoms with Crippen molar-refractivity contribution in [2.45, 2.75) is 38.1 Å². The van der Waals surface area contributed by atoms with Crippen molar-refractivity contribution in [1.29, 1.82) is 0 Å². The average molecular weight is 265 g/mol. The van der Waals surface area contributed by atoms with Crippen LogP contribution in [-0.4, -0.2) is 27.1 Å². The quantitative estimate of drug-likeness (QED) is 0.625. The minimum absolute atomic E-state index is 0.0915. The number of phenolic OH excluding ortho intramolecular Hbond substituents is 3. The van der Waals surface area contributed by atoms with E-state index in [2.05, 4.69) is 0 Å². The Balaban J connectivity index is 2.23. The van der Waals surface area contributed by atoms with Crippen molar-refractivity contribution in [1.82, 2.24) is 0 Å². The second kappa shape index (κ2) is 5.48. The number of phenols is 3. The highest BCUT2D eigenvalue weighted by atomic mass is 16.3. The van der Waals surface area contributed by atoms with Crippen LogP contribution >= 0.6 is 0 Å². The molecular weight excluding hydrogens is 246 g/mol. The third kappa shape index (κ3) is 2.81. The zero-order valence-corrected chi connectivity index (χ0v) is 10.7. The van der Waals surface area contributed by atoms with Crippen LogP contribution in [0.2, 0.25) is 0 Å². The van der Waals surface area contributed by atoms with Crippen LogP contribution in [0.25, 0.3) is 0 Å². The molecule has 104 valence electrons. The summed E-state index contributed by atoms with van der Waals surface area (Å²) in [6.45, 7) is 0. The number of Topliss-reactive ketones (excluding diaryl/α,β-unsaturated/α-hetero) is 1. The van der Waals surface area contributed by atoms with Crippen LogP contribution < -0.4 is 5.73 Å². The Morgan fingerprint density at radius 1 is 1.11 bits per heavy atom. The zero-order valence-electron chi connectivity index (χ0n) is 10.7. The van der Waals surface area contributed by atoms with Crippen molar-refractivity contribution in [3.05, 3.63) is 17.7 Å². The molecule has 0 radical (unpaired) electrons. The lowest BCUT2D eigenvalue weighted by molar-refractivity contribution is 0.0911. The third-order valence-electron chi connectivity index (χ3n) is 3.79. The van der Waals surface area contributed by atoms with Gasteiger partial charge in [-0.3, -0.25) is 4.79 Å². The van der Waals surface area contributed by atoms with Crippen molar-refractivity contribution < 1.29 is 20.1 Å². The van der Waals surface area contributed by atoms with Crippen LogP contribution in [0.4, 0.5) is 0 Å². The normalized spacial score (nSPS) is 18.2. The summed E-state index contributed by atoms with van der Waals surface area (Å²) in [5.41, 5.74) is 5.77. The largest absolute Gasteiger partial charge is 0.508 e. The highest BCUT2D eigenvalue weighted by Gasteiger charge is 2.30. The molecule has 1 aromatic carbocycles. The third-order valence-corrected chi connectivity index (χ3v) is 3.79. The topological polar surface area (TPSA) is 104 Å². The molecule has 5 N–H and O–H groups in total. The summed E-state index contributed by atoms with van der Waals surface area (Å²) >= 11 is 0. The number of carbonyl (C=O) groups is 1. The van der Waals surface area contributed by atoms with Crippen LogP contribution in [0, 0.1) is 5.92 Å². The van der Waals surface area contributed by atoms with E-state index < -0.39 is 23.3 Å². The lowest BCUT2D eigenvalue weighted by Crippen LogP contribution is -2.39. The van der Waals surface area contributed by atoms with Gasteiger partial charge in [0.25, 0.3) is 0 Å². The van der Waals surface area contributed by atoms with Gasteiger partial charge in [-0.2, -0.15) is 0 Å². The molecule has 0 aromatic heterocycles. The molecule has 2 rings (SSSR count). The molecule has 1 atom stereocenters. The average Bonchev–Trinajstić information content (AvgIpc) is 2.37. The molecule has 5 heteroatoms. The maximum absolute atomic E-state index is 12.3. The van der Waals surface area contributed by atoms with E-state index in [9.17, 15) is 20.1 Å². The first-order valence-electron chi connectivity index (χ1n) is 6.55. The monoisotopic (exact) mass is 265 g/mol. The Morgan fingerprint density at radius 2 is 1.63 bits per heavy atom. The van der Waals surface area contributed by atoms with Crippen LogP contribution in [0.5, 0.6) is 17.2 Å². The second-order valence-electron chi connectivity index (χ2n) is 5.15. The van der Waals surface area contributed by atoms with Gasteiger partial charge in [-0.15, -0.1) is 0 Å². The number of benzene rings is 1. The molecule has 0 bridgehead atoms. The number of rotatable bonds is 3. The molecule has 0 heterocycles. The first-order valence-corrected chi connectivity index (χ1v) is 6.55. The Morgan fingerprint density at radius 3 is 2.16 bits per heavy atom. The maximum Gasteiger partial charge on any atom is 0.187 e. The van der Waals surface area contributed by atoms with Gasteiger partial charge in [-0.1, -0.05) is 19.3 Å².